The fourth-order valence-electron chi connectivity index (χ4n) is 4.07. The van der Waals surface area contributed by atoms with Crippen LogP contribution in [0.15, 0.2) is 17.6 Å². The van der Waals surface area contributed by atoms with Crippen LogP contribution >= 0.6 is 22.9 Å². The summed E-state index contributed by atoms with van der Waals surface area (Å²) >= 11 is 8.11. The minimum Gasteiger partial charge on any atom is -0.368 e. The van der Waals surface area contributed by atoms with Gasteiger partial charge in [0.05, 0.1) is 16.1 Å². The molecule has 6 nitrogen and oxygen atoms in total. The van der Waals surface area contributed by atoms with Gasteiger partial charge < -0.3 is 10.6 Å². The molecule has 130 valence electrons. The number of urea groups is 1. The normalized spacial score (nSPS) is 25.5. The summed E-state index contributed by atoms with van der Waals surface area (Å²) in [6.45, 7) is 2.21. The molecule has 0 spiro atoms. The zero-order valence-corrected chi connectivity index (χ0v) is 15.2. The summed E-state index contributed by atoms with van der Waals surface area (Å²) in [6, 6.07) is 1.80. The molecule has 3 aliphatic rings. The lowest BCUT2D eigenvalue weighted by Gasteiger charge is -2.28. The van der Waals surface area contributed by atoms with Gasteiger partial charge in [-0.25, -0.2) is 14.8 Å². The van der Waals surface area contributed by atoms with Crippen molar-refractivity contribution in [2.75, 3.05) is 29.9 Å². The molecule has 8 heteroatoms. The minimum atomic E-state index is -0.234. The van der Waals surface area contributed by atoms with Crippen molar-refractivity contribution in [2.24, 2.45) is 5.92 Å². The van der Waals surface area contributed by atoms with E-state index in [1.165, 1.54) is 24.2 Å². The number of thiazole rings is 1. The number of hydrogen-bond donors (Lipinski definition) is 2. The first-order valence-electron chi connectivity index (χ1n) is 8.60. The highest BCUT2D eigenvalue weighted by atomic mass is 35.5. The molecule has 2 amide bonds. The number of rotatable bonds is 3. The van der Waals surface area contributed by atoms with Crippen molar-refractivity contribution in [3.05, 3.63) is 33.9 Å². The molecule has 0 bridgehead atoms. The highest BCUT2D eigenvalue weighted by molar-refractivity contribution is 7.14. The third kappa shape index (κ3) is 2.25. The molecule has 2 aliphatic heterocycles. The Kier molecular flexibility index (Phi) is 3.43. The molecule has 25 heavy (non-hydrogen) atoms. The average Bonchev–Trinajstić information content (AvgIpc) is 3.21. The molecular weight excluding hydrogens is 358 g/mol. The summed E-state index contributed by atoms with van der Waals surface area (Å²) in [5.41, 5.74) is 1.84. The van der Waals surface area contributed by atoms with Gasteiger partial charge in [-0.15, -0.1) is 11.3 Å². The zero-order valence-electron chi connectivity index (χ0n) is 13.6. The largest absolute Gasteiger partial charge is 0.368 e. The molecule has 1 saturated heterocycles. The van der Waals surface area contributed by atoms with Gasteiger partial charge in [0.2, 0.25) is 0 Å². The summed E-state index contributed by atoms with van der Waals surface area (Å²) < 4.78 is 0. The van der Waals surface area contributed by atoms with Crippen LogP contribution in [0, 0.1) is 5.92 Å². The van der Waals surface area contributed by atoms with Crippen LogP contribution in [-0.4, -0.2) is 35.6 Å². The second-order valence-electron chi connectivity index (χ2n) is 6.87. The zero-order chi connectivity index (χ0) is 17.0. The van der Waals surface area contributed by atoms with Gasteiger partial charge >= 0.3 is 6.03 Å². The first kappa shape index (κ1) is 15.4. The number of nitrogens with zero attached hydrogens (tertiary/aromatic N) is 3. The van der Waals surface area contributed by atoms with Crippen molar-refractivity contribution in [2.45, 2.75) is 24.7 Å². The minimum absolute atomic E-state index is 0.0581. The Morgan fingerprint density at radius 3 is 3.04 bits per heavy atom. The van der Waals surface area contributed by atoms with Crippen LogP contribution in [0.25, 0.3) is 0 Å². The van der Waals surface area contributed by atoms with Crippen molar-refractivity contribution >= 4 is 39.9 Å². The smallest absolute Gasteiger partial charge is 0.323 e. The van der Waals surface area contributed by atoms with Crippen LogP contribution in [0.2, 0.25) is 5.02 Å². The predicted molar refractivity (Wildman–Crippen MR) is 98.7 cm³/mol. The van der Waals surface area contributed by atoms with Gasteiger partial charge in [0, 0.05) is 36.8 Å². The van der Waals surface area contributed by atoms with Gasteiger partial charge in [-0.3, -0.25) is 4.90 Å². The quantitative estimate of drug-likeness (QED) is 0.864. The van der Waals surface area contributed by atoms with E-state index in [0.717, 1.165) is 46.7 Å². The fraction of sp³-hybridized carbons (Fsp3) is 0.471. The van der Waals surface area contributed by atoms with Crippen molar-refractivity contribution in [3.63, 3.8) is 0 Å². The molecule has 1 saturated carbocycles. The van der Waals surface area contributed by atoms with Crippen LogP contribution in [0.3, 0.4) is 0 Å². The summed E-state index contributed by atoms with van der Waals surface area (Å²) in [5, 5.41) is 9.91. The molecule has 1 aliphatic carbocycles. The van der Waals surface area contributed by atoms with Crippen LogP contribution < -0.4 is 15.5 Å². The molecule has 0 aromatic carbocycles. The van der Waals surface area contributed by atoms with E-state index in [-0.39, 0.29) is 11.4 Å². The number of pyridine rings is 1. The van der Waals surface area contributed by atoms with Crippen LogP contribution in [0.5, 0.6) is 0 Å². The number of hydrogen-bond acceptors (Lipinski definition) is 5. The number of carbonyl (C=O) groups excluding carboxylic acids is 1. The predicted octanol–water partition coefficient (Wildman–Crippen LogP) is 3.23. The highest BCUT2D eigenvalue weighted by Gasteiger charge is 2.54. The summed E-state index contributed by atoms with van der Waals surface area (Å²) in [7, 11) is 0. The first-order valence-corrected chi connectivity index (χ1v) is 9.86. The van der Waals surface area contributed by atoms with E-state index >= 15 is 0 Å². The maximum atomic E-state index is 12.1. The van der Waals surface area contributed by atoms with Crippen molar-refractivity contribution in [1.82, 2.24) is 15.3 Å². The molecule has 0 radical (unpaired) electrons. The second kappa shape index (κ2) is 5.57. The van der Waals surface area contributed by atoms with E-state index in [2.05, 4.69) is 21.0 Å². The Morgan fingerprint density at radius 2 is 2.24 bits per heavy atom. The van der Waals surface area contributed by atoms with Gasteiger partial charge in [-0.1, -0.05) is 11.6 Å². The molecular formula is C17H18ClN5OS. The standard InChI is InChI=1S/C17H18ClN5OS/c18-11-4-6-19-14-13(11)17(9-21-14,10-2-3-10)12-8-25-16(22-12)23-7-1-5-20-15(23)24/h4,6,8,10H,1-3,5,7,9H2,(H,19,21)(H,20,24). The van der Waals surface area contributed by atoms with Crippen molar-refractivity contribution in [1.29, 1.82) is 0 Å². The lowest BCUT2D eigenvalue weighted by atomic mass is 9.76. The number of aromatic nitrogens is 2. The van der Waals surface area contributed by atoms with E-state index in [9.17, 15) is 4.79 Å². The van der Waals surface area contributed by atoms with Gasteiger partial charge in [-0.05, 0) is 31.2 Å². The Hall–Kier alpha value is -1.86. The van der Waals surface area contributed by atoms with E-state index in [1.54, 1.807) is 11.1 Å². The maximum absolute atomic E-state index is 12.1. The number of anilines is 2. The van der Waals surface area contributed by atoms with Gasteiger partial charge in [0.25, 0.3) is 0 Å². The molecule has 1 atom stereocenters. The average molecular weight is 376 g/mol. The number of carbonyl (C=O) groups is 1. The monoisotopic (exact) mass is 375 g/mol. The Morgan fingerprint density at radius 1 is 1.36 bits per heavy atom. The summed E-state index contributed by atoms with van der Waals surface area (Å²) in [5.74, 6) is 1.39. The summed E-state index contributed by atoms with van der Waals surface area (Å²) in [4.78, 5) is 23.2. The molecule has 1 unspecified atom stereocenters. The maximum Gasteiger partial charge on any atom is 0.323 e. The molecule has 2 fully saturated rings. The number of amides is 2. The third-order valence-corrected chi connectivity index (χ3v) is 6.59. The molecule has 4 heterocycles. The summed E-state index contributed by atoms with van der Waals surface area (Å²) in [6.07, 6.45) is 5.02. The number of fused-ring (bicyclic) bond motifs is 1. The Bertz CT molecular complexity index is 851. The van der Waals surface area contributed by atoms with Crippen LogP contribution in [-0.2, 0) is 5.41 Å². The van der Waals surface area contributed by atoms with Crippen LogP contribution in [0.1, 0.15) is 30.5 Å². The van der Waals surface area contributed by atoms with E-state index in [4.69, 9.17) is 16.6 Å². The first-order chi connectivity index (χ1) is 12.2. The van der Waals surface area contributed by atoms with E-state index in [0.29, 0.717) is 12.5 Å². The van der Waals surface area contributed by atoms with Crippen molar-refractivity contribution in [3.8, 4) is 0 Å². The van der Waals surface area contributed by atoms with Gasteiger partial charge in [0.1, 0.15) is 5.82 Å². The van der Waals surface area contributed by atoms with Gasteiger partial charge in [-0.2, -0.15) is 0 Å². The van der Waals surface area contributed by atoms with Crippen molar-refractivity contribution < 1.29 is 4.79 Å². The topological polar surface area (TPSA) is 70.2 Å². The highest BCUT2D eigenvalue weighted by Crippen LogP contribution is 2.57. The Balaban J connectivity index is 1.59. The fourth-order valence-corrected chi connectivity index (χ4v) is 5.31. The molecule has 2 N–H and O–H groups in total. The number of halogens is 1. The lowest BCUT2D eigenvalue weighted by Crippen LogP contribution is -2.46. The molecule has 2 aromatic heterocycles. The molecule has 5 rings (SSSR count). The van der Waals surface area contributed by atoms with Gasteiger partial charge in [0.15, 0.2) is 5.13 Å². The Labute approximate surface area is 154 Å². The van der Waals surface area contributed by atoms with E-state index in [1.807, 2.05) is 6.07 Å². The third-order valence-electron chi connectivity index (χ3n) is 5.42. The van der Waals surface area contributed by atoms with E-state index < -0.39 is 0 Å². The second-order valence-corrected chi connectivity index (χ2v) is 8.11. The molecule has 2 aromatic rings. The number of nitrogens with one attached hydrogen (secondary N) is 2. The SMILES string of the molecule is O=C1NCCCN1c1nc(C2(C3CC3)CNc3nccc(Cl)c32)cs1. The van der Waals surface area contributed by atoms with Crippen LogP contribution in [0.4, 0.5) is 15.7 Å². The lowest BCUT2D eigenvalue weighted by molar-refractivity contribution is 0.243.